The summed E-state index contributed by atoms with van der Waals surface area (Å²) in [4.78, 5) is 8.58. The van der Waals surface area contributed by atoms with Gasteiger partial charge in [0.25, 0.3) is 0 Å². The van der Waals surface area contributed by atoms with Crippen molar-refractivity contribution in [2.24, 2.45) is 0 Å². The molecule has 4 nitrogen and oxygen atoms in total. The molecule has 106 valence electrons. The molecular formula is C13H13ClN2O2S2. The summed E-state index contributed by atoms with van der Waals surface area (Å²) in [5, 5.41) is 1.02. The van der Waals surface area contributed by atoms with E-state index < -0.39 is 9.84 Å². The highest BCUT2D eigenvalue weighted by Gasteiger charge is 2.08. The van der Waals surface area contributed by atoms with E-state index in [-0.39, 0.29) is 5.75 Å². The number of hydrogen-bond donors (Lipinski definition) is 0. The molecule has 0 N–H and O–H groups in total. The largest absolute Gasteiger partial charge is 0.229 e. The van der Waals surface area contributed by atoms with E-state index in [1.807, 2.05) is 30.3 Å². The first-order valence-electron chi connectivity index (χ1n) is 5.84. The van der Waals surface area contributed by atoms with Crippen LogP contribution in [0.15, 0.2) is 41.4 Å². The van der Waals surface area contributed by atoms with Crippen molar-refractivity contribution in [3.05, 3.63) is 41.6 Å². The SMILES string of the molecule is CS(=O)(=O)CCSc1cc(Cl)nc(-c2ccccc2)n1. The van der Waals surface area contributed by atoms with Crippen LogP contribution in [0.1, 0.15) is 0 Å². The molecule has 1 aromatic heterocycles. The number of halogens is 1. The number of hydrogen-bond acceptors (Lipinski definition) is 5. The monoisotopic (exact) mass is 328 g/mol. The molecule has 0 fully saturated rings. The maximum Gasteiger partial charge on any atom is 0.162 e. The second-order valence-electron chi connectivity index (χ2n) is 4.20. The Morgan fingerprint density at radius 2 is 1.90 bits per heavy atom. The zero-order valence-electron chi connectivity index (χ0n) is 10.8. The summed E-state index contributed by atoms with van der Waals surface area (Å²) in [6, 6.07) is 11.1. The summed E-state index contributed by atoms with van der Waals surface area (Å²) < 4.78 is 22.2. The van der Waals surface area contributed by atoms with E-state index in [9.17, 15) is 8.42 Å². The number of rotatable bonds is 5. The van der Waals surface area contributed by atoms with Gasteiger partial charge in [-0.3, -0.25) is 0 Å². The van der Waals surface area contributed by atoms with Crippen LogP contribution in [-0.4, -0.2) is 36.1 Å². The molecule has 0 saturated heterocycles. The molecule has 0 aliphatic carbocycles. The summed E-state index contributed by atoms with van der Waals surface area (Å²) in [5.41, 5.74) is 0.875. The van der Waals surface area contributed by atoms with Gasteiger partial charge in [-0.1, -0.05) is 41.9 Å². The van der Waals surface area contributed by atoms with Crippen LogP contribution in [0.3, 0.4) is 0 Å². The molecular weight excluding hydrogens is 316 g/mol. The van der Waals surface area contributed by atoms with Gasteiger partial charge in [-0.25, -0.2) is 18.4 Å². The van der Waals surface area contributed by atoms with Crippen molar-refractivity contribution < 1.29 is 8.42 Å². The first-order valence-corrected chi connectivity index (χ1v) is 9.27. The minimum Gasteiger partial charge on any atom is -0.229 e. The molecule has 2 aromatic rings. The lowest BCUT2D eigenvalue weighted by atomic mass is 10.2. The fraction of sp³-hybridized carbons (Fsp3) is 0.231. The van der Waals surface area contributed by atoms with E-state index >= 15 is 0 Å². The molecule has 0 spiro atoms. The van der Waals surface area contributed by atoms with Crippen LogP contribution in [0.4, 0.5) is 0 Å². The first kappa shape index (κ1) is 15.3. The fourth-order valence-electron chi connectivity index (χ4n) is 1.48. The number of benzene rings is 1. The smallest absolute Gasteiger partial charge is 0.162 e. The topological polar surface area (TPSA) is 59.9 Å². The number of sulfone groups is 1. The van der Waals surface area contributed by atoms with Gasteiger partial charge in [-0.2, -0.15) is 0 Å². The minimum atomic E-state index is -2.96. The third-order valence-electron chi connectivity index (χ3n) is 2.41. The molecule has 0 aliphatic heterocycles. The number of nitrogens with zero attached hydrogens (tertiary/aromatic N) is 2. The zero-order valence-corrected chi connectivity index (χ0v) is 13.2. The predicted molar refractivity (Wildman–Crippen MR) is 82.9 cm³/mol. The molecule has 0 aliphatic rings. The van der Waals surface area contributed by atoms with E-state index in [1.54, 1.807) is 6.07 Å². The lowest BCUT2D eigenvalue weighted by Crippen LogP contribution is -2.05. The van der Waals surface area contributed by atoms with E-state index in [0.717, 1.165) is 5.56 Å². The van der Waals surface area contributed by atoms with Gasteiger partial charge in [0.05, 0.1) is 5.75 Å². The van der Waals surface area contributed by atoms with Crippen molar-refractivity contribution in [3.63, 3.8) is 0 Å². The second-order valence-corrected chi connectivity index (χ2v) is 7.96. The molecule has 0 unspecified atom stereocenters. The van der Waals surface area contributed by atoms with Crippen molar-refractivity contribution in [1.82, 2.24) is 9.97 Å². The van der Waals surface area contributed by atoms with Gasteiger partial charge >= 0.3 is 0 Å². The maximum absolute atomic E-state index is 11.1. The molecule has 2 rings (SSSR count). The van der Waals surface area contributed by atoms with Crippen LogP contribution in [0, 0.1) is 0 Å². The van der Waals surface area contributed by atoms with Gasteiger partial charge in [-0.05, 0) is 0 Å². The molecule has 20 heavy (non-hydrogen) atoms. The number of aromatic nitrogens is 2. The van der Waals surface area contributed by atoms with Gasteiger partial charge in [0.15, 0.2) is 5.82 Å². The van der Waals surface area contributed by atoms with Crippen molar-refractivity contribution in [1.29, 1.82) is 0 Å². The Balaban J connectivity index is 2.17. The van der Waals surface area contributed by atoms with E-state index in [0.29, 0.717) is 21.8 Å². The average Bonchev–Trinajstić information content (AvgIpc) is 2.37. The molecule has 0 saturated carbocycles. The van der Waals surface area contributed by atoms with Gasteiger partial charge in [0.2, 0.25) is 0 Å². The zero-order chi connectivity index (χ0) is 14.6. The Morgan fingerprint density at radius 1 is 1.20 bits per heavy atom. The predicted octanol–water partition coefficient (Wildman–Crippen LogP) is 2.93. The lowest BCUT2D eigenvalue weighted by Gasteiger charge is -2.05. The highest BCUT2D eigenvalue weighted by molar-refractivity contribution is 8.00. The average molecular weight is 329 g/mol. The molecule has 1 aromatic carbocycles. The quantitative estimate of drug-likeness (QED) is 0.624. The Hall–Kier alpha value is -1.11. The summed E-state index contributed by atoms with van der Waals surface area (Å²) in [6.07, 6.45) is 1.22. The lowest BCUT2D eigenvalue weighted by molar-refractivity contribution is 0.603. The van der Waals surface area contributed by atoms with Crippen molar-refractivity contribution in [3.8, 4) is 11.4 Å². The van der Waals surface area contributed by atoms with Crippen LogP contribution in [0.2, 0.25) is 5.15 Å². The summed E-state index contributed by atoms with van der Waals surface area (Å²) in [5.74, 6) is 1.10. The van der Waals surface area contributed by atoms with Crippen LogP contribution < -0.4 is 0 Å². The Morgan fingerprint density at radius 3 is 2.55 bits per heavy atom. The third kappa shape index (κ3) is 4.77. The van der Waals surface area contributed by atoms with Crippen LogP contribution in [0.5, 0.6) is 0 Å². The third-order valence-corrected chi connectivity index (χ3v) is 4.72. The second kappa shape index (κ2) is 6.56. The van der Waals surface area contributed by atoms with Crippen molar-refractivity contribution in [2.75, 3.05) is 17.8 Å². The van der Waals surface area contributed by atoms with Gasteiger partial charge in [-0.15, -0.1) is 11.8 Å². The Labute approximate surface area is 127 Å². The van der Waals surface area contributed by atoms with Crippen molar-refractivity contribution in [2.45, 2.75) is 5.03 Å². The van der Waals surface area contributed by atoms with E-state index in [1.165, 1.54) is 18.0 Å². The molecule has 0 bridgehead atoms. The first-order chi connectivity index (χ1) is 9.44. The van der Waals surface area contributed by atoms with Crippen LogP contribution in [-0.2, 0) is 9.84 Å². The molecule has 0 radical (unpaired) electrons. The van der Waals surface area contributed by atoms with Gasteiger partial charge in [0.1, 0.15) is 20.0 Å². The Kier molecular flexibility index (Phi) is 5.01. The van der Waals surface area contributed by atoms with E-state index in [4.69, 9.17) is 11.6 Å². The summed E-state index contributed by atoms with van der Waals surface area (Å²) >= 11 is 7.34. The maximum atomic E-state index is 11.1. The highest BCUT2D eigenvalue weighted by atomic mass is 35.5. The molecule has 7 heteroatoms. The minimum absolute atomic E-state index is 0.111. The van der Waals surface area contributed by atoms with Crippen molar-refractivity contribution >= 4 is 33.2 Å². The molecule has 0 amide bonds. The standard InChI is InChI=1S/C13H13ClN2O2S2/c1-20(17,18)8-7-19-12-9-11(14)15-13(16-12)10-5-3-2-4-6-10/h2-6,9H,7-8H2,1H3. The van der Waals surface area contributed by atoms with Gasteiger partial charge < -0.3 is 0 Å². The Bertz CT molecular complexity index is 691. The van der Waals surface area contributed by atoms with Crippen LogP contribution >= 0.6 is 23.4 Å². The van der Waals surface area contributed by atoms with E-state index in [2.05, 4.69) is 9.97 Å². The highest BCUT2D eigenvalue weighted by Crippen LogP contribution is 2.23. The summed E-state index contributed by atoms with van der Waals surface area (Å²) in [7, 11) is -2.96. The summed E-state index contributed by atoms with van der Waals surface area (Å²) in [6.45, 7) is 0. The van der Waals surface area contributed by atoms with Gasteiger partial charge in [0, 0.05) is 23.6 Å². The van der Waals surface area contributed by atoms with Crippen LogP contribution in [0.25, 0.3) is 11.4 Å². The normalized spacial score (nSPS) is 11.5. The molecule has 1 heterocycles. The number of thioether (sulfide) groups is 1. The fourth-order valence-corrected chi connectivity index (χ4v) is 3.83. The molecule has 0 atom stereocenters.